The van der Waals surface area contributed by atoms with Crippen molar-refractivity contribution in [3.05, 3.63) is 76.0 Å². The van der Waals surface area contributed by atoms with Crippen LogP contribution in [0.5, 0.6) is 5.75 Å². The number of allylic oxidation sites excluding steroid dienone is 1. The van der Waals surface area contributed by atoms with E-state index in [1.807, 2.05) is 73.7 Å². The quantitative estimate of drug-likeness (QED) is 0.277. The van der Waals surface area contributed by atoms with Crippen LogP contribution in [0.4, 0.5) is 16.3 Å². The lowest BCUT2D eigenvalue weighted by Gasteiger charge is -2.24. The zero-order valence-corrected chi connectivity index (χ0v) is 26.3. The number of nitrogens with one attached hydrogen (secondary N) is 2. The van der Waals surface area contributed by atoms with E-state index >= 15 is 0 Å². The van der Waals surface area contributed by atoms with Gasteiger partial charge in [-0.1, -0.05) is 32.4 Å². The lowest BCUT2D eigenvalue weighted by atomic mass is 10.2. The number of hydrogen-bond donors (Lipinski definition) is 2. The number of anilines is 2. The minimum Gasteiger partial charge on any atom is -0.496 e. The maximum Gasteiger partial charge on any atom is 0.414 e. The van der Waals surface area contributed by atoms with E-state index in [0.717, 1.165) is 17.6 Å². The molecule has 0 radical (unpaired) electrons. The molecule has 1 amide bonds. The van der Waals surface area contributed by atoms with Crippen molar-refractivity contribution in [1.82, 2.24) is 9.13 Å². The van der Waals surface area contributed by atoms with Gasteiger partial charge in [0.15, 0.2) is 0 Å². The van der Waals surface area contributed by atoms with Gasteiger partial charge in [-0.15, -0.1) is 0 Å². The molecular weight excluding hydrogens is 518 g/mol. The van der Waals surface area contributed by atoms with Crippen molar-refractivity contribution in [2.45, 2.75) is 74.3 Å². The standard InChI is InChI=1S/C30H39N5O4.C2H6/c1-10-19(2)18-32-27-26(21(4)31)34(24-12-11-20(3)25(17-24)38-9)28(36)35(27)23-15-13-22(14-16-23)33(8)29(37)39-30(5,6)7;1-2/h11-18,31-32H,10H2,1-9H3;1-2H3. The van der Waals surface area contributed by atoms with Crippen LogP contribution in [-0.4, -0.2) is 40.7 Å². The molecule has 0 unspecified atom stereocenters. The number of imidazole rings is 1. The molecule has 0 fully saturated rings. The Morgan fingerprint density at radius 3 is 2.15 bits per heavy atom. The van der Waals surface area contributed by atoms with Crippen LogP contribution in [0.25, 0.3) is 11.4 Å². The van der Waals surface area contributed by atoms with E-state index in [1.165, 1.54) is 14.0 Å². The first-order chi connectivity index (χ1) is 19.3. The molecule has 0 bridgehead atoms. The molecule has 3 aromatic rings. The maximum atomic E-state index is 14.0. The minimum atomic E-state index is -0.619. The van der Waals surface area contributed by atoms with Crippen LogP contribution < -0.4 is 20.6 Å². The molecule has 2 N–H and O–H groups in total. The Balaban J connectivity index is 0.00000287. The molecule has 41 heavy (non-hydrogen) atoms. The van der Waals surface area contributed by atoms with E-state index in [0.29, 0.717) is 34.3 Å². The predicted octanol–water partition coefficient (Wildman–Crippen LogP) is 7.46. The molecule has 0 atom stereocenters. The Morgan fingerprint density at radius 2 is 1.63 bits per heavy atom. The van der Waals surface area contributed by atoms with Crippen LogP contribution in [0.1, 0.15) is 73.1 Å². The number of hydrogen-bond acceptors (Lipinski definition) is 6. The summed E-state index contributed by atoms with van der Waals surface area (Å²) in [5, 5.41) is 11.9. The number of benzene rings is 2. The molecule has 0 aliphatic carbocycles. The highest BCUT2D eigenvalue weighted by atomic mass is 16.6. The third-order valence-corrected chi connectivity index (χ3v) is 6.23. The number of amides is 1. The molecule has 1 heterocycles. The van der Waals surface area contributed by atoms with Crippen LogP contribution in [0, 0.1) is 12.3 Å². The zero-order chi connectivity index (χ0) is 31.1. The fraction of sp³-hybridized carbons (Fsp3) is 0.406. The zero-order valence-electron chi connectivity index (χ0n) is 26.3. The third-order valence-electron chi connectivity index (χ3n) is 6.23. The summed E-state index contributed by atoms with van der Waals surface area (Å²) in [4.78, 5) is 28.0. The van der Waals surface area contributed by atoms with Crippen LogP contribution in [0.2, 0.25) is 0 Å². The number of carbonyl (C=O) groups excluding carboxylic acids is 1. The molecule has 0 aliphatic rings. The highest BCUT2D eigenvalue weighted by Gasteiger charge is 2.25. The second-order valence-corrected chi connectivity index (χ2v) is 10.5. The second-order valence-electron chi connectivity index (χ2n) is 10.5. The van der Waals surface area contributed by atoms with Gasteiger partial charge in [-0.25, -0.2) is 14.2 Å². The summed E-state index contributed by atoms with van der Waals surface area (Å²) < 4.78 is 14.0. The molecule has 0 saturated carbocycles. The fourth-order valence-electron chi connectivity index (χ4n) is 3.96. The number of aryl methyl sites for hydroxylation is 1. The summed E-state index contributed by atoms with van der Waals surface area (Å²) in [5.74, 6) is 1.11. The molecule has 9 heteroatoms. The molecule has 2 aromatic carbocycles. The van der Waals surface area contributed by atoms with Gasteiger partial charge in [-0.2, -0.15) is 0 Å². The SMILES string of the molecule is CC.CCC(C)=CNc1c(C(C)=N)n(-c2ccc(C)c(OC)c2)c(=O)n1-c1ccc(N(C)C(=O)OC(C)(C)C)cc1. The number of ether oxygens (including phenoxy) is 2. The van der Waals surface area contributed by atoms with Gasteiger partial charge in [0.05, 0.1) is 24.2 Å². The van der Waals surface area contributed by atoms with Gasteiger partial charge in [0.2, 0.25) is 0 Å². The lowest BCUT2D eigenvalue weighted by molar-refractivity contribution is 0.0589. The smallest absolute Gasteiger partial charge is 0.414 e. The molecule has 0 saturated heterocycles. The van der Waals surface area contributed by atoms with Gasteiger partial charge in [0, 0.05) is 25.0 Å². The Kier molecular flexibility index (Phi) is 11.1. The summed E-state index contributed by atoms with van der Waals surface area (Å²) in [7, 11) is 3.22. The van der Waals surface area contributed by atoms with E-state index < -0.39 is 11.7 Å². The number of methoxy groups -OCH3 is 1. The molecule has 3 rings (SSSR count). The molecule has 1 aromatic heterocycles. The van der Waals surface area contributed by atoms with Gasteiger partial charge in [-0.05, 0) is 83.9 Å². The van der Waals surface area contributed by atoms with E-state index in [2.05, 4.69) is 5.32 Å². The van der Waals surface area contributed by atoms with Crippen LogP contribution in [0.3, 0.4) is 0 Å². The minimum absolute atomic E-state index is 0.219. The highest BCUT2D eigenvalue weighted by Crippen LogP contribution is 2.28. The van der Waals surface area contributed by atoms with Gasteiger partial charge < -0.3 is 20.2 Å². The molecule has 222 valence electrons. The van der Waals surface area contributed by atoms with Crippen molar-refractivity contribution in [2.75, 3.05) is 24.4 Å². The fourth-order valence-corrected chi connectivity index (χ4v) is 3.96. The Bertz CT molecular complexity index is 1460. The summed E-state index contributed by atoms with van der Waals surface area (Å²) in [6, 6.07) is 12.6. The molecule has 9 nitrogen and oxygen atoms in total. The van der Waals surface area contributed by atoms with Crippen molar-refractivity contribution < 1.29 is 14.3 Å². The van der Waals surface area contributed by atoms with Gasteiger partial charge in [-0.3, -0.25) is 9.47 Å². The summed E-state index contributed by atoms with van der Waals surface area (Å²) in [5.41, 5.74) is 3.48. The number of aromatic nitrogens is 2. The van der Waals surface area contributed by atoms with Crippen molar-refractivity contribution in [3.63, 3.8) is 0 Å². The van der Waals surface area contributed by atoms with Gasteiger partial charge in [0.25, 0.3) is 0 Å². The van der Waals surface area contributed by atoms with E-state index in [1.54, 1.807) is 51.4 Å². The lowest BCUT2D eigenvalue weighted by Crippen LogP contribution is -2.34. The number of nitrogens with zero attached hydrogens (tertiary/aromatic N) is 3. The van der Waals surface area contributed by atoms with Crippen LogP contribution in [0.15, 0.2) is 59.0 Å². The Hall–Kier alpha value is -4.27. The topological polar surface area (TPSA) is 102 Å². The summed E-state index contributed by atoms with van der Waals surface area (Å²) in [6.45, 7) is 17.1. The predicted molar refractivity (Wildman–Crippen MR) is 169 cm³/mol. The van der Waals surface area contributed by atoms with Gasteiger partial charge >= 0.3 is 11.8 Å². The first-order valence-electron chi connectivity index (χ1n) is 13.9. The Morgan fingerprint density at radius 1 is 1.05 bits per heavy atom. The first kappa shape index (κ1) is 32.9. The summed E-state index contributed by atoms with van der Waals surface area (Å²) in [6.07, 6.45) is 2.20. The van der Waals surface area contributed by atoms with Crippen molar-refractivity contribution in [1.29, 1.82) is 5.41 Å². The average molecular weight is 564 g/mol. The van der Waals surface area contributed by atoms with Crippen molar-refractivity contribution in [3.8, 4) is 17.1 Å². The number of rotatable bonds is 8. The van der Waals surface area contributed by atoms with E-state index in [-0.39, 0.29) is 11.4 Å². The average Bonchev–Trinajstić information content (AvgIpc) is 3.23. The molecule has 0 spiro atoms. The first-order valence-corrected chi connectivity index (χ1v) is 13.9. The van der Waals surface area contributed by atoms with Crippen LogP contribution >= 0.6 is 0 Å². The van der Waals surface area contributed by atoms with Crippen molar-refractivity contribution in [2.24, 2.45) is 0 Å². The third kappa shape index (κ3) is 7.68. The maximum absolute atomic E-state index is 14.0. The van der Waals surface area contributed by atoms with Crippen molar-refractivity contribution >= 4 is 23.3 Å². The molecule has 0 aliphatic heterocycles. The highest BCUT2D eigenvalue weighted by molar-refractivity contribution is 6.00. The van der Waals surface area contributed by atoms with Crippen LogP contribution in [-0.2, 0) is 4.74 Å². The van der Waals surface area contributed by atoms with Gasteiger partial charge in [0.1, 0.15) is 22.9 Å². The van der Waals surface area contributed by atoms with E-state index in [9.17, 15) is 9.59 Å². The largest absolute Gasteiger partial charge is 0.496 e. The normalized spacial score (nSPS) is 11.3. The Labute approximate surface area is 243 Å². The summed E-state index contributed by atoms with van der Waals surface area (Å²) >= 11 is 0. The second kappa shape index (κ2) is 13.9. The molecular formula is C32H45N5O4. The number of carbonyl (C=O) groups is 1. The van der Waals surface area contributed by atoms with E-state index in [4.69, 9.17) is 14.9 Å². The monoisotopic (exact) mass is 563 g/mol.